The maximum atomic E-state index is 13.4. The molecule has 0 unspecified atom stereocenters. The minimum Gasteiger partial charge on any atom is -0.353 e. The summed E-state index contributed by atoms with van der Waals surface area (Å²) in [5.41, 5.74) is 0.659. The first-order valence-electron chi connectivity index (χ1n) is 5.44. The predicted molar refractivity (Wildman–Crippen MR) is 72.3 cm³/mol. The number of rotatable bonds is 3. The van der Waals surface area contributed by atoms with Crippen LogP contribution in [0.5, 0.6) is 0 Å². The Kier molecular flexibility index (Phi) is 3.78. The van der Waals surface area contributed by atoms with Gasteiger partial charge in [0.15, 0.2) is 5.82 Å². The molecule has 0 saturated heterocycles. The Labute approximate surface area is 115 Å². The van der Waals surface area contributed by atoms with E-state index in [1.165, 1.54) is 12.1 Å². The van der Waals surface area contributed by atoms with Gasteiger partial charge in [-0.05, 0) is 26.0 Å². The van der Waals surface area contributed by atoms with Crippen molar-refractivity contribution in [3.05, 3.63) is 40.4 Å². The van der Waals surface area contributed by atoms with Gasteiger partial charge in [-0.25, -0.2) is 9.37 Å². The highest BCUT2D eigenvalue weighted by molar-refractivity contribution is 6.35. The number of halogens is 3. The van der Waals surface area contributed by atoms with Crippen LogP contribution in [-0.4, -0.2) is 15.6 Å². The monoisotopic (exact) mass is 287 g/mol. The van der Waals surface area contributed by atoms with Crippen LogP contribution in [-0.2, 0) is 0 Å². The fraction of sp³-hybridized carbons (Fsp3) is 0.250. The molecule has 0 aliphatic carbocycles. The summed E-state index contributed by atoms with van der Waals surface area (Å²) in [6.07, 6.45) is 3.40. The van der Waals surface area contributed by atoms with Gasteiger partial charge in [0.2, 0.25) is 5.95 Å². The summed E-state index contributed by atoms with van der Waals surface area (Å²) in [4.78, 5) is 4.19. The van der Waals surface area contributed by atoms with Gasteiger partial charge in [-0.1, -0.05) is 23.2 Å². The van der Waals surface area contributed by atoms with E-state index < -0.39 is 5.82 Å². The zero-order chi connectivity index (χ0) is 13.3. The molecule has 2 aromatic rings. The van der Waals surface area contributed by atoms with Crippen LogP contribution >= 0.6 is 23.2 Å². The summed E-state index contributed by atoms with van der Waals surface area (Å²) in [5.74, 6) is 0.0457. The molecule has 2 rings (SSSR count). The van der Waals surface area contributed by atoms with Gasteiger partial charge in [-0.3, -0.25) is 4.57 Å². The highest BCUT2D eigenvalue weighted by atomic mass is 35.5. The topological polar surface area (TPSA) is 29.9 Å². The average Bonchev–Trinajstić information content (AvgIpc) is 2.72. The minimum atomic E-state index is -0.611. The lowest BCUT2D eigenvalue weighted by Crippen LogP contribution is -2.13. The van der Waals surface area contributed by atoms with Gasteiger partial charge in [0.1, 0.15) is 0 Å². The highest BCUT2D eigenvalue weighted by Gasteiger charge is 2.11. The molecule has 0 saturated carbocycles. The van der Waals surface area contributed by atoms with E-state index in [0.717, 1.165) is 0 Å². The molecule has 0 fully saturated rings. The molecule has 6 heteroatoms. The van der Waals surface area contributed by atoms with Gasteiger partial charge in [0.05, 0.1) is 15.7 Å². The van der Waals surface area contributed by atoms with Crippen molar-refractivity contribution in [2.75, 3.05) is 5.32 Å². The predicted octanol–water partition coefficient (Wildman–Crippen LogP) is 4.14. The molecular weight excluding hydrogens is 276 g/mol. The summed E-state index contributed by atoms with van der Waals surface area (Å²) in [5, 5.41) is 3.15. The van der Waals surface area contributed by atoms with E-state index in [1.807, 2.05) is 13.8 Å². The second-order valence-corrected chi connectivity index (χ2v) is 4.96. The lowest BCUT2D eigenvalue weighted by Gasteiger charge is -2.13. The van der Waals surface area contributed by atoms with Crippen molar-refractivity contribution in [1.29, 1.82) is 0 Å². The van der Waals surface area contributed by atoms with E-state index >= 15 is 0 Å². The maximum Gasteiger partial charge on any atom is 0.207 e. The molecule has 3 nitrogen and oxygen atoms in total. The lowest BCUT2D eigenvalue weighted by molar-refractivity contribution is 0.628. The van der Waals surface area contributed by atoms with Crippen LogP contribution in [0.15, 0.2) is 24.5 Å². The summed E-state index contributed by atoms with van der Waals surface area (Å²) in [6.45, 7) is 4.01. The van der Waals surface area contributed by atoms with E-state index in [9.17, 15) is 4.39 Å². The molecule has 0 amide bonds. The number of aromatic nitrogens is 2. The zero-order valence-electron chi connectivity index (χ0n) is 9.92. The summed E-state index contributed by atoms with van der Waals surface area (Å²) in [7, 11) is 0. The van der Waals surface area contributed by atoms with Crippen molar-refractivity contribution in [3.8, 4) is 5.69 Å². The van der Waals surface area contributed by atoms with Gasteiger partial charge < -0.3 is 5.32 Å². The van der Waals surface area contributed by atoms with Crippen LogP contribution in [0.4, 0.5) is 10.3 Å². The summed E-state index contributed by atoms with van der Waals surface area (Å²) >= 11 is 11.6. The summed E-state index contributed by atoms with van der Waals surface area (Å²) < 4.78 is 15.1. The lowest BCUT2D eigenvalue weighted by atomic mass is 10.3. The third-order valence-corrected chi connectivity index (χ3v) is 2.86. The van der Waals surface area contributed by atoms with Crippen LogP contribution in [0.1, 0.15) is 13.8 Å². The molecular formula is C12H12Cl2FN3. The largest absolute Gasteiger partial charge is 0.353 e. The number of imidazole rings is 1. The Hall–Kier alpha value is -1.26. The molecule has 1 aromatic carbocycles. The number of benzene rings is 1. The van der Waals surface area contributed by atoms with E-state index in [0.29, 0.717) is 11.6 Å². The van der Waals surface area contributed by atoms with Gasteiger partial charge in [0.25, 0.3) is 0 Å². The van der Waals surface area contributed by atoms with E-state index in [2.05, 4.69) is 10.3 Å². The average molecular weight is 288 g/mol. The van der Waals surface area contributed by atoms with Crippen LogP contribution < -0.4 is 5.32 Å². The van der Waals surface area contributed by atoms with Crippen LogP contribution in [0.2, 0.25) is 10.0 Å². The molecule has 1 heterocycles. The SMILES string of the molecule is CC(C)Nc1nccn1-c1cc(Cl)c(F)c(Cl)c1. The molecule has 0 spiro atoms. The fourth-order valence-corrected chi connectivity index (χ4v) is 2.03. The second kappa shape index (κ2) is 5.16. The first-order valence-corrected chi connectivity index (χ1v) is 6.19. The summed E-state index contributed by atoms with van der Waals surface area (Å²) in [6, 6.07) is 3.25. The minimum absolute atomic E-state index is 0.0123. The number of nitrogens with one attached hydrogen (secondary N) is 1. The van der Waals surface area contributed by atoms with E-state index in [1.54, 1.807) is 17.0 Å². The van der Waals surface area contributed by atoms with Crippen molar-refractivity contribution in [2.45, 2.75) is 19.9 Å². The number of hydrogen-bond acceptors (Lipinski definition) is 2. The molecule has 1 aromatic heterocycles. The molecule has 0 radical (unpaired) electrons. The second-order valence-electron chi connectivity index (χ2n) is 4.14. The first kappa shape index (κ1) is 13.2. The van der Waals surface area contributed by atoms with Crippen molar-refractivity contribution >= 4 is 29.2 Å². The molecule has 0 bridgehead atoms. The molecule has 0 aliphatic heterocycles. The molecule has 0 aliphatic rings. The first-order chi connectivity index (χ1) is 8.49. The Morgan fingerprint density at radius 1 is 1.28 bits per heavy atom. The normalized spacial score (nSPS) is 11.0. The van der Waals surface area contributed by atoms with Crippen molar-refractivity contribution in [3.63, 3.8) is 0 Å². The van der Waals surface area contributed by atoms with Gasteiger partial charge in [0, 0.05) is 18.4 Å². The highest BCUT2D eigenvalue weighted by Crippen LogP contribution is 2.27. The smallest absolute Gasteiger partial charge is 0.207 e. The fourth-order valence-electron chi connectivity index (χ4n) is 1.56. The number of hydrogen-bond donors (Lipinski definition) is 1. The van der Waals surface area contributed by atoms with Crippen molar-refractivity contribution in [2.24, 2.45) is 0 Å². The Balaban J connectivity index is 2.46. The third-order valence-electron chi connectivity index (χ3n) is 2.31. The molecule has 96 valence electrons. The van der Waals surface area contributed by atoms with Gasteiger partial charge in [-0.15, -0.1) is 0 Å². The number of anilines is 1. The zero-order valence-corrected chi connectivity index (χ0v) is 11.4. The van der Waals surface area contributed by atoms with Crippen LogP contribution in [0.25, 0.3) is 5.69 Å². The molecule has 1 N–H and O–H groups in total. The third kappa shape index (κ3) is 2.60. The quantitative estimate of drug-likeness (QED) is 0.860. The van der Waals surface area contributed by atoms with Gasteiger partial charge in [-0.2, -0.15) is 0 Å². The molecule has 18 heavy (non-hydrogen) atoms. The maximum absolute atomic E-state index is 13.4. The number of nitrogens with zero attached hydrogens (tertiary/aromatic N) is 2. The Morgan fingerprint density at radius 2 is 1.89 bits per heavy atom. The molecule has 0 atom stereocenters. The Bertz CT molecular complexity index is 543. The van der Waals surface area contributed by atoms with Gasteiger partial charge >= 0.3 is 0 Å². The van der Waals surface area contributed by atoms with Crippen LogP contribution in [0.3, 0.4) is 0 Å². The van der Waals surface area contributed by atoms with E-state index in [-0.39, 0.29) is 16.1 Å². The Morgan fingerprint density at radius 3 is 2.44 bits per heavy atom. The standard InChI is InChI=1S/C12H12Cl2FN3/c1-7(2)17-12-16-3-4-18(12)8-5-9(13)11(15)10(14)6-8/h3-7H,1-2H3,(H,16,17). The van der Waals surface area contributed by atoms with E-state index in [4.69, 9.17) is 23.2 Å². The van der Waals surface area contributed by atoms with Crippen molar-refractivity contribution < 1.29 is 4.39 Å². The van der Waals surface area contributed by atoms with Crippen LogP contribution in [0, 0.1) is 5.82 Å². The van der Waals surface area contributed by atoms with Crippen molar-refractivity contribution in [1.82, 2.24) is 9.55 Å².